The first-order chi connectivity index (χ1) is 15.2. The molecule has 3 aromatic heterocycles. The minimum atomic E-state index is 0.151. The van der Waals surface area contributed by atoms with E-state index in [1.54, 1.807) is 0 Å². The highest BCUT2D eigenvalue weighted by atomic mass is 32.1. The molecule has 2 fully saturated rings. The smallest absolute Gasteiger partial charge is 0.166 e. The molecule has 0 N–H and O–H groups in total. The van der Waals surface area contributed by atoms with Crippen molar-refractivity contribution >= 4 is 28.0 Å². The number of fused-ring (bicyclic) bond motifs is 1. The van der Waals surface area contributed by atoms with Gasteiger partial charge in [-0.25, -0.2) is 4.98 Å². The number of rotatable bonds is 5. The van der Waals surface area contributed by atoms with E-state index in [0.717, 1.165) is 84.3 Å². The molecule has 31 heavy (non-hydrogen) atoms. The molecule has 0 spiro atoms. The number of morpholine rings is 1. The first-order valence-corrected chi connectivity index (χ1v) is 11.9. The molecule has 0 radical (unpaired) electrons. The molecule has 1 saturated carbocycles. The Morgan fingerprint density at radius 3 is 2.71 bits per heavy atom. The van der Waals surface area contributed by atoms with Crippen molar-refractivity contribution in [2.75, 3.05) is 26.3 Å². The monoisotopic (exact) mass is 437 g/mol. The van der Waals surface area contributed by atoms with Crippen LogP contribution in [0.1, 0.15) is 36.4 Å². The molecule has 3 aromatic rings. The lowest BCUT2D eigenvalue weighted by molar-refractivity contribution is -0.123. The molecule has 0 unspecified atom stereocenters. The Kier molecular flexibility index (Phi) is 6.02. The van der Waals surface area contributed by atoms with Gasteiger partial charge in [-0.3, -0.25) is 14.7 Å². The first-order valence-electron chi connectivity index (χ1n) is 11.1. The van der Waals surface area contributed by atoms with Crippen LogP contribution in [0.15, 0.2) is 24.4 Å². The molecule has 0 aromatic carbocycles. The second kappa shape index (κ2) is 9.06. The molecule has 0 bridgehead atoms. The van der Waals surface area contributed by atoms with Crippen molar-refractivity contribution in [1.29, 1.82) is 0 Å². The molecule has 1 saturated heterocycles. The lowest BCUT2D eigenvalue weighted by atomic mass is 9.81. The number of carbonyl (C=O) groups excluding carboxylic acids is 1. The zero-order valence-corrected chi connectivity index (χ0v) is 18.6. The van der Waals surface area contributed by atoms with Gasteiger partial charge in [-0.05, 0) is 50.8 Å². The number of carbonyl (C=O) groups is 1. The maximum Gasteiger partial charge on any atom is 0.166 e. The number of hydrogen-bond donors (Lipinski definition) is 0. The highest BCUT2D eigenvalue weighted by molar-refractivity contribution is 7.14. The molecule has 0 atom stereocenters. The second-order valence-corrected chi connectivity index (χ2v) is 9.67. The molecule has 8 heteroatoms. The number of aryl methyl sites for hydroxylation is 1. The van der Waals surface area contributed by atoms with E-state index in [2.05, 4.69) is 20.1 Å². The van der Waals surface area contributed by atoms with Crippen molar-refractivity contribution in [1.82, 2.24) is 25.1 Å². The maximum absolute atomic E-state index is 13.0. The van der Waals surface area contributed by atoms with Crippen LogP contribution in [0.3, 0.4) is 0 Å². The van der Waals surface area contributed by atoms with Crippen LogP contribution >= 0.6 is 11.3 Å². The normalized spacial score (nSPS) is 22.6. The Balaban J connectivity index is 1.24. The van der Waals surface area contributed by atoms with Gasteiger partial charge in [0.2, 0.25) is 0 Å². The third kappa shape index (κ3) is 4.66. The van der Waals surface area contributed by atoms with Gasteiger partial charge in [-0.15, -0.1) is 10.2 Å². The van der Waals surface area contributed by atoms with E-state index in [1.165, 1.54) is 11.3 Å². The molecular formula is C23H27N5O2S. The molecule has 4 heterocycles. The van der Waals surface area contributed by atoms with Crippen LogP contribution in [0, 0.1) is 12.8 Å². The quantitative estimate of drug-likeness (QED) is 0.605. The van der Waals surface area contributed by atoms with Crippen LogP contribution in [-0.2, 0) is 16.0 Å². The Morgan fingerprint density at radius 1 is 1.16 bits per heavy atom. The highest BCUT2D eigenvalue weighted by Crippen LogP contribution is 2.30. The van der Waals surface area contributed by atoms with Gasteiger partial charge in [-0.2, -0.15) is 0 Å². The SMILES string of the molecule is Cc1nnc(-c2ccc3cnc(CC(=O)C4CCC(N5CCOCC5)CC4)cc3n2)s1. The average molecular weight is 438 g/mol. The van der Waals surface area contributed by atoms with Crippen LogP contribution in [0.5, 0.6) is 0 Å². The fourth-order valence-corrected chi connectivity index (χ4v) is 5.36. The molecule has 1 aliphatic carbocycles. The molecule has 162 valence electrons. The number of pyridine rings is 2. The number of aromatic nitrogens is 4. The van der Waals surface area contributed by atoms with Crippen molar-refractivity contribution in [3.63, 3.8) is 0 Å². The third-order valence-electron chi connectivity index (χ3n) is 6.44. The molecule has 0 amide bonds. The van der Waals surface area contributed by atoms with Gasteiger partial charge in [0.1, 0.15) is 16.5 Å². The standard InChI is InChI=1S/C23H27N5O2S/c1-15-26-27-23(31-15)20-7-4-17-14-24-18(12-21(17)25-20)13-22(29)16-2-5-19(6-3-16)28-8-10-30-11-9-28/h4,7,12,14,16,19H,2-3,5-6,8-11,13H2,1H3. The van der Waals surface area contributed by atoms with Gasteiger partial charge >= 0.3 is 0 Å². The van der Waals surface area contributed by atoms with E-state index in [1.807, 2.05) is 31.3 Å². The van der Waals surface area contributed by atoms with Gasteiger partial charge in [-0.1, -0.05) is 11.3 Å². The summed E-state index contributed by atoms with van der Waals surface area (Å²) in [5.74, 6) is 0.460. The summed E-state index contributed by atoms with van der Waals surface area (Å²) in [6, 6.07) is 6.50. The summed E-state index contributed by atoms with van der Waals surface area (Å²) in [4.78, 5) is 24.8. The van der Waals surface area contributed by atoms with E-state index in [9.17, 15) is 4.79 Å². The Bertz CT molecular complexity index is 1070. The predicted molar refractivity (Wildman–Crippen MR) is 120 cm³/mol. The first kappa shape index (κ1) is 20.6. The van der Waals surface area contributed by atoms with Crippen LogP contribution in [-0.4, -0.2) is 63.2 Å². The van der Waals surface area contributed by atoms with Crippen molar-refractivity contribution in [2.24, 2.45) is 5.92 Å². The fraction of sp³-hybridized carbons (Fsp3) is 0.522. The third-order valence-corrected chi connectivity index (χ3v) is 7.31. The van der Waals surface area contributed by atoms with E-state index in [-0.39, 0.29) is 5.92 Å². The zero-order valence-electron chi connectivity index (χ0n) is 17.8. The van der Waals surface area contributed by atoms with Crippen LogP contribution in [0.25, 0.3) is 21.6 Å². The summed E-state index contributed by atoms with van der Waals surface area (Å²) in [6.07, 6.45) is 6.37. The molecular weight excluding hydrogens is 410 g/mol. The largest absolute Gasteiger partial charge is 0.379 e. The Hall–Kier alpha value is -2.29. The summed E-state index contributed by atoms with van der Waals surface area (Å²) in [7, 11) is 0. The predicted octanol–water partition coefficient (Wildman–Crippen LogP) is 3.46. The van der Waals surface area contributed by atoms with Crippen molar-refractivity contribution < 1.29 is 9.53 Å². The second-order valence-electron chi connectivity index (χ2n) is 8.49. The lowest BCUT2D eigenvalue weighted by Crippen LogP contribution is -2.45. The van der Waals surface area contributed by atoms with E-state index < -0.39 is 0 Å². The molecule has 5 rings (SSSR count). The van der Waals surface area contributed by atoms with E-state index in [4.69, 9.17) is 9.72 Å². The fourth-order valence-electron chi connectivity index (χ4n) is 4.70. The number of ether oxygens (including phenoxy) is 1. The Morgan fingerprint density at radius 2 is 1.97 bits per heavy atom. The molecule has 7 nitrogen and oxygen atoms in total. The minimum Gasteiger partial charge on any atom is -0.379 e. The van der Waals surface area contributed by atoms with Gasteiger partial charge in [0.15, 0.2) is 5.01 Å². The molecule has 2 aliphatic rings. The minimum absolute atomic E-state index is 0.151. The summed E-state index contributed by atoms with van der Waals surface area (Å²) in [5, 5.41) is 11.0. The van der Waals surface area contributed by atoms with Crippen molar-refractivity contribution in [3.8, 4) is 10.7 Å². The van der Waals surface area contributed by atoms with Gasteiger partial charge in [0.05, 0.1) is 18.7 Å². The van der Waals surface area contributed by atoms with Crippen molar-refractivity contribution in [3.05, 3.63) is 35.1 Å². The average Bonchev–Trinajstić information content (AvgIpc) is 3.25. The highest BCUT2D eigenvalue weighted by Gasteiger charge is 2.30. The summed E-state index contributed by atoms with van der Waals surface area (Å²) >= 11 is 1.53. The van der Waals surface area contributed by atoms with E-state index >= 15 is 0 Å². The van der Waals surface area contributed by atoms with Crippen molar-refractivity contribution in [2.45, 2.75) is 45.1 Å². The number of ketones is 1. The van der Waals surface area contributed by atoms with Crippen LogP contribution < -0.4 is 0 Å². The van der Waals surface area contributed by atoms with Gasteiger partial charge < -0.3 is 4.74 Å². The molecule has 1 aliphatic heterocycles. The Labute approximate surface area is 185 Å². The summed E-state index contributed by atoms with van der Waals surface area (Å²) < 4.78 is 5.47. The number of hydrogen-bond acceptors (Lipinski definition) is 8. The zero-order chi connectivity index (χ0) is 21.2. The topological polar surface area (TPSA) is 81.1 Å². The summed E-state index contributed by atoms with van der Waals surface area (Å²) in [5.41, 5.74) is 2.45. The number of nitrogens with zero attached hydrogens (tertiary/aromatic N) is 5. The van der Waals surface area contributed by atoms with Crippen LogP contribution in [0.4, 0.5) is 0 Å². The van der Waals surface area contributed by atoms with Crippen LogP contribution in [0.2, 0.25) is 0 Å². The summed E-state index contributed by atoms with van der Waals surface area (Å²) in [6.45, 7) is 5.65. The van der Waals surface area contributed by atoms with E-state index in [0.29, 0.717) is 18.2 Å². The number of Topliss-reactive ketones (excluding diaryl/α,β-unsaturated/α-hetero) is 1. The van der Waals surface area contributed by atoms with Gasteiger partial charge in [0.25, 0.3) is 0 Å². The van der Waals surface area contributed by atoms with Gasteiger partial charge in [0, 0.05) is 48.7 Å². The lowest BCUT2D eigenvalue weighted by Gasteiger charge is -2.38. The maximum atomic E-state index is 13.0.